The van der Waals surface area contributed by atoms with Crippen molar-refractivity contribution in [3.63, 3.8) is 0 Å². The number of likely N-dealkylation sites (tertiary alicyclic amines) is 1. The zero-order chi connectivity index (χ0) is 17.7. The number of rotatable bonds is 3. The van der Waals surface area contributed by atoms with Crippen molar-refractivity contribution in [2.75, 3.05) is 31.1 Å². The predicted octanol–water partition coefficient (Wildman–Crippen LogP) is 2.14. The van der Waals surface area contributed by atoms with E-state index in [1.165, 1.54) is 12.3 Å². The summed E-state index contributed by atoms with van der Waals surface area (Å²) in [6.45, 7) is 7.15. The Kier molecular flexibility index (Phi) is 3.63. The number of anilines is 1. The number of nitrogens with zero attached hydrogens (tertiary/aromatic N) is 6. The van der Waals surface area contributed by atoms with Gasteiger partial charge < -0.3 is 9.30 Å². The molecule has 0 radical (unpaired) electrons. The summed E-state index contributed by atoms with van der Waals surface area (Å²) >= 11 is 0. The largest absolute Gasteiger partial charge is 0.356 e. The minimum absolute atomic E-state index is 0.239. The number of fused-ring (bicyclic) bond motifs is 2. The number of pyridine rings is 1. The molecule has 3 aromatic rings. The molecule has 5 rings (SSSR count). The van der Waals surface area contributed by atoms with E-state index < -0.39 is 0 Å². The zero-order valence-electron chi connectivity index (χ0n) is 14.7. The number of aryl methyl sites for hydroxylation is 1. The van der Waals surface area contributed by atoms with Crippen LogP contribution < -0.4 is 4.90 Å². The van der Waals surface area contributed by atoms with Crippen LogP contribution in [-0.2, 0) is 6.54 Å². The van der Waals surface area contributed by atoms with Crippen molar-refractivity contribution in [3.05, 3.63) is 54.1 Å². The highest BCUT2D eigenvalue weighted by atomic mass is 19.1. The maximum absolute atomic E-state index is 13.3. The molecule has 0 amide bonds. The molecule has 0 saturated carbocycles. The van der Waals surface area contributed by atoms with E-state index in [9.17, 15) is 4.39 Å². The van der Waals surface area contributed by atoms with Gasteiger partial charge in [-0.2, -0.15) is 0 Å². The van der Waals surface area contributed by atoms with E-state index in [4.69, 9.17) is 0 Å². The SMILES string of the molecule is Cc1cncnc1N1CC2CN(Cc3cn4cc(F)ccc4n3)CC2C1. The Morgan fingerprint density at radius 1 is 1.12 bits per heavy atom. The average Bonchev–Trinajstić information content (AvgIpc) is 3.27. The summed E-state index contributed by atoms with van der Waals surface area (Å²) in [5.41, 5.74) is 2.94. The van der Waals surface area contributed by atoms with Crippen LogP contribution in [0.15, 0.2) is 37.1 Å². The number of hydrogen-bond donors (Lipinski definition) is 0. The molecule has 2 unspecified atom stereocenters. The molecule has 2 saturated heterocycles. The normalized spacial score (nSPS) is 23.1. The Bertz CT molecular complexity index is 940. The smallest absolute Gasteiger partial charge is 0.139 e. The van der Waals surface area contributed by atoms with Gasteiger partial charge in [0, 0.05) is 56.9 Å². The maximum Gasteiger partial charge on any atom is 0.139 e. The summed E-state index contributed by atoms with van der Waals surface area (Å²) in [6, 6.07) is 3.18. The van der Waals surface area contributed by atoms with Gasteiger partial charge in [-0.15, -0.1) is 0 Å². The van der Waals surface area contributed by atoms with Gasteiger partial charge in [-0.3, -0.25) is 4.90 Å². The Morgan fingerprint density at radius 3 is 2.69 bits per heavy atom. The van der Waals surface area contributed by atoms with Crippen LogP contribution in [-0.4, -0.2) is 50.4 Å². The fourth-order valence-electron chi connectivity index (χ4n) is 4.44. The fourth-order valence-corrected chi connectivity index (χ4v) is 4.44. The second-order valence-electron chi connectivity index (χ2n) is 7.49. The van der Waals surface area contributed by atoms with Crippen molar-refractivity contribution < 1.29 is 4.39 Å². The lowest BCUT2D eigenvalue weighted by Gasteiger charge is -2.22. The number of imidazole rings is 1. The standard InChI is InChI=1S/C19H21FN6/c1-13-4-21-12-22-19(13)26-7-14-5-24(6-15(14)8-26)10-17-11-25-9-16(20)2-3-18(25)23-17/h2-4,9,11-12,14-15H,5-8,10H2,1H3. The molecular weight excluding hydrogens is 331 g/mol. The van der Waals surface area contributed by atoms with Gasteiger partial charge in [0.1, 0.15) is 23.6 Å². The van der Waals surface area contributed by atoms with E-state index in [1.807, 2.05) is 12.4 Å². The second-order valence-corrected chi connectivity index (χ2v) is 7.49. The van der Waals surface area contributed by atoms with E-state index in [0.717, 1.165) is 55.4 Å². The van der Waals surface area contributed by atoms with E-state index in [0.29, 0.717) is 11.8 Å². The molecule has 7 heteroatoms. The van der Waals surface area contributed by atoms with E-state index >= 15 is 0 Å². The first-order chi connectivity index (χ1) is 12.7. The van der Waals surface area contributed by atoms with Crippen molar-refractivity contribution in [2.24, 2.45) is 11.8 Å². The van der Waals surface area contributed by atoms with Crippen LogP contribution >= 0.6 is 0 Å². The van der Waals surface area contributed by atoms with Gasteiger partial charge in [-0.05, 0) is 30.9 Å². The van der Waals surface area contributed by atoms with Crippen LogP contribution in [0, 0.1) is 24.6 Å². The number of hydrogen-bond acceptors (Lipinski definition) is 5. The van der Waals surface area contributed by atoms with Gasteiger partial charge in [-0.1, -0.05) is 0 Å². The van der Waals surface area contributed by atoms with Gasteiger partial charge in [0.2, 0.25) is 0 Å². The lowest BCUT2D eigenvalue weighted by atomic mass is 10.0. The molecule has 2 atom stereocenters. The van der Waals surface area contributed by atoms with Crippen LogP contribution in [0.5, 0.6) is 0 Å². The quantitative estimate of drug-likeness (QED) is 0.723. The van der Waals surface area contributed by atoms with Crippen LogP contribution in [0.4, 0.5) is 10.2 Å². The molecule has 134 valence electrons. The van der Waals surface area contributed by atoms with Crippen LogP contribution in [0.2, 0.25) is 0 Å². The van der Waals surface area contributed by atoms with Crippen LogP contribution in [0.25, 0.3) is 5.65 Å². The second kappa shape index (κ2) is 6.02. The maximum atomic E-state index is 13.3. The Morgan fingerprint density at radius 2 is 1.92 bits per heavy atom. The average molecular weight is 352 g/mol. The predicted molar refractivity (Wildman–Crippen MR) is 96.4 cm³/mol. The zero-order valence-corrected chi connectivity index (χ0v) is 14.7. The van der Waals surface area contributed by atoms with E-state index in [-0.39, 0.29) is 5.82 Å². The molecule has 0 aliphatic carbocycles. The highest BCUT2D eigenvalue weighted by Crippen LogP contribution is 2.34. The Balaban J connectivity index is 1.25. The van der Waals surface area contributed by atoms with E-state index in [1.54, 1.807) is 16.8 Å². The molecule has 0 aromatic carbocycles. The van der Waals surface area contributed by atoms with Gasteiger partial charge in [-0.25, -0.2) is 19.3 Å². The summed E-state index contributed by atoms with van der Waals surface area (Å²) in [5.74, 6) is 2.17. The minimum Gasteiger partial charge on any atom is -0.356 e. The molecule has 0 bridgehead atoms. The van der Waals surface area contributed by atoms with Gasteiger partial charge >= 0.3 is 0 Å². The lowest BCUT2D eigenvalue weighted by Crippen LogP contribution is -2.29. The van der Waals surface area contributed by atoms with Crippen LogP contribution in [0.1, 0.15) is 11.3 Å². The molecule has 5 heterocycles. The molecule has 3 aromatic heterocycles. The Labute approximate surface area is 151 Å². The molecule has 26 heavy (non-hydrogen) atoms. The number of aromatic nitrogens is 4. The third-order valence-corrected chi connectivity index (χ3v) is 5.58. The van der Waals surface area contributed by atoms with Crippen LogP contribution in [0.3, 0.4) is 0 Å². The number of halogens is 1. The highest BCUT2D eigenvalue weighted by molar-refractivity contribution is 5.46. The molecule has 0 spiro atoms. The summed E-state index contributed by atoms with van der Waals surface area (Å²) < 4.78 is 15.1. The highest BCUT2D eigenvalue weighted by Gasteiger charge is 2.40. The lowest BCUT2D eigenvalue weighted by molar-refractivity contribution is 0.305. The summed E-state index contributed by atoms with van der Waals surface area (Å²) in [6.07, 6.45) is 6.93. The van der Waals surface area contributed by atoms with Crippen molar-refractivity contribution in [3.8, 4) is 0 Å². The summed E-state index contributed by atoms with van der Waals surface area (Å²) in [5, 5.41) is 0. The molecule has 0 N–H and O–H groups in total. The van der Waals surface area contributed by atoms with Crippen molar-refractivity contribution in [1.82, 2.24) is 24.3 Å². The van der Waals surface area contributed by atoms with Gasteiger partial charge in [0.15, 0.2) is 0 Å². The van der Waals surface area contributed by atoms with Gasteiger partial charge in [0.05, 0.1) is 5.69 Å². The molecule has 2 aliphatic heterocycles. The molecule has 2 aliphatic rings. The Hall–Kier alpha value is -2.54. The molecule has 2 fully saturated rings. The topological polar surface area (TPSA) is 49.6 Å². The third-order valence-electron chi connectivity index (χ3n) is 5.58. The first kappa shape index (κ1) is 15.7. The summed E-state index contributed by atoms with van der Waals surface area (Å²) in [7, 11) is 0. The fraction of sp³-hybridized carbons (Fsp3) is 0.421. The first-order valence-corrected chi connectivity index (χ1v) is 9.03. The summed E-state index contributed by atoms with van der Waals surface area (Å²) in [4.78, 5) is 18.0. The monoisotopic (exact) mass is 352 g/mol. The van der Waals surface area contributed by atoms with Crippen molar-refractivity contribution in [1.29, 1.82) is 0 Å². The van der Waals surface area contributed by atoms with E-state index in [2.05, 4.69) is 31.7 Å². The molecule has 6 nitrogen and oxygen atoms in total. The van der Waals surface area contributed by atoms with Crippen molar-refractivity contribution in [2.45, 2.75) is 13.5 Å². The molecular formula is C19H21FN6. The third kappa shape index (κ3) is 2.72. The van der Waals surface area contributed by atoms with Crippen molar-refractivity contribution >= 4 is 11.5 Å². The van der Waals surface area contributed by atoms with Gasteiger partial charge in [0.25, 0.3) is 0 Å². The minimum atomic E-state index is -0.239. The first-order valence-electron chi connectivity index (χ1n) is 9.03.